The number of aromatic hydroxyl groups is 13. The second kappa shape index (κ2) is 17.9. The number of hydrogen-bond donors (Lipinski definition) is 17. The third-order valence-corrected chi connectivity index (χ3v) is 13.2. The summed E-state index contributed by atoms with van der Waals surface area (Å²) >= 11 is 0. The minimum atomic E-state index is -4.05. The first-order valence-corrected chi connectivity index (χ1v) is 22.2. The van der Waals surface area contributed by atoms with Crippen molar-refractivity contribution in [2.24, 2.45) is 0 Å². The number of aromatic carboxylic acids is 1. The van der Waals surface area contributed by atoms with Gasteiger partial charge in [-0.1, -0.05) is 0 Å². The summed E-state index contributed by atoms with van der Waals surface area (Å²) in [6, 6.07) is 2.36. The van der Waals surface area contributed by atoms with Gasteiger partial charge in [0.15, 0.2) is 75.5 Å². The number of carbonyl (C=O) groups is 7. The van der Waals surface area contributed by atoms with Gasteiger partial charge in [0.05, 0.1) is 33.7 Å². The standard InChI is InChI=1S/C48H32O32/c49-15-1-9(2-16(50)27(15)55)41(65)79-46-39-38-36(76-45(69)13-7-22(54)48(72)47(70,71)26(13)25-11(44(68)78-39)4-19(53)30(58)37(25)80-48)21(75-46)8-73-42(66)12-6-20(74-35-14(40(63)64)5-18(52)29(57)34(35)62)31(59)33(61)24(12)23-10(43(67)77-38)3-17(51)28(56)32(23)60/h1-7,21,26,36,38-39,46,49-53,55-62,70-72H,8H2,(H,63,64)/t21?,26-,36+,38-,39?,46+,48-/m0/s1. The number of ketones is 1. The minimum absolute atomic E-state index is 0.214. The van der Waals surface area contributed by atoms with Gasteiger partial charge < -0.3 is 125 Å². The summed E-state index contributed by atoms with van der Waals surface area (Å²) in [4.78, 5) is 98.7. The smallest absolute Gasteiger partial charge is 0.340 e. The molecular formula is C48H32O32. The van der Waals surface area contributed by atoms with Crippen molar-refractivity contribution in [3.05, 3.63) is 81.4 Å². The Kier molecular flexibility index (Phi) is 11.8. The van der Waals surface area contributed by atoms with Crippen LogP contribution in [0.3, 0.4) is 0 Å². The highest BCUT2D eigenvalue weighted by Crippen LogP contribution is 2.59. The Balaban J connectivity index is 1.20. The van der Waals surface area contributed by atoms with Gasteiger partial charge in [0.1, 0.15) is 18.3 Å². The lowest BCUT2D eigenvalue weighted by atomic mass is 9.70. The number of aliphatic hydroxyl groups is 3. The van der Waals surface area contributed by atoms with Gasteiger partial charge in [0.2, 0.25) is 46.9 Å². The number of ether oxygens (including phenoxy) is 8. The molecule has 17 N–H and O–H groups in total. The molecule has 4 aliphatic heterocycles. The number of carboxylic acids is 1. The lowest BCUT2D eigenvalue weighted by Gasteiger charge is -2.49. The first kappa shape index (κ1) is 52.6. The van der Waals surface area contributed by atoms with Crippen molar-refractivity contribution in [2.45, 2.75) is 48.2 Å². The van der Waals surface area contributed by atoms with Crippen LogP contribution in [0.1, 0.15) is 63.3 Å². The van der Waals surface area contributed by atoms with Crippen LogP contribution in [0, 0.1) is 0 Å². The average molecular weight is 1120 g/mol. The monoisotopic (exact) mass is 1120 g/mol. The summed E-state index contributed by atoms with van der Waals surface area (Å²) in [5, 5.41) is 183. The lowest BCUT2D eigenvalue weighted by molar-refractivity contribution is -0.339. The maximum atomic E-state index is 15.0. The molecule has 80 heavy (non-hydrogen) atoms. The summed E-state index contributed by atoms with van der Waals surface area (Å²) in [5.41, 5.74) is -10.6. The van der Waals surface area contributed by atoms with Gasteiger partial charge in [-0.05, 0) is 30.3 Å². The maximum Gasteiger partial charge on any atom is 0.340 e. The molecule has 0 saturated carbocycles. The number of benzene rings is 5. The quantitative estimate of drug-likeness (QED) is 0.0469. The predicted molar refractivity (Wildman–Crippen MR) is 241 cm³/mol. The zero-order valence-corrected chi connectivity index (χ0v) is 38.9. The van der Waals surface area contributed by atoms with Crippen LogP contribution in [0.4, 0.5) is 0 Å². The molecule has 416 valence electrons. The minimum Gasteiger partial charge on any atom is -0.504 e. The zero-order chi connectivity index (χ0) is 58.3. The van der Waals surface area contributed by atoms with E-state index >= 15 is 0 Å². The largest absolute Gasteiger partial charge is 0.504 e. The molecule has 5 aliphatic rings. The van der Waals surface area contributed by atoms with Gasteiger partial charge in [0.25, 0.3) is 5.79 Å². The topological polar surface area (TPSA) is 537 Å². The first-order chi connectivity index (χ1) is 37.5. The number of esters is 5. The Morgan fingerprint density at radius 2 is 1.10 bits per heavy atom. The van der Waals surface area contributed by atoms with Crippen LogP contribution in [0.15, 0.2) is 48.0 Å². The van der Waals surface area contributed by atoms with Crippen LogP contribution in [-0.2, 0) is 38.0 Å². The molecule has 32 nitrogen and oxygen atoms in total. The number of phenolic OH excluding ortho intramolecular Hbond substituents is 13. The van der Waals surface area contributed by atoms with Crippen LogP contribution < -0.4 is 9.47 Å². The molecule has 6 bridgehead atoms. The third kappa shape index (κ3) is 7.64. The van der Waals surface area contributed by atoms with E-state index in [1.807, 2.05) is 0 Å². The van der Waals surface area contributed by atoms with E-state index in [0.29, 0.717) is 30.3 Å². The van der Waals surface area contributed by atoms with Crippen LogP contribution in [0.25, 0.3) is 11.1 Å². The van der Waals surface area contributed by atoms with Crippen molar-refractivity contribution < 1.29 is 158 Å². The number of phenols is 13. The van der Waals surface area contributed by atoms with E-state index in [2.05, 4.69) is 0 Å². The van der Waals surface area contributed by atoms with Crippen molar-refractivity contribution in [3.8, 4) is 103 Å². The Morgan fingerprint density at radius 1 is 0.562 bits per heavy atom. The molecule has 0 radical (unpaired) electrons. The lowest BCUT2D eigenvalue weighted by Crippen LogP contribution is -2.70. The second-order valence-corrected chi connectivity index (χ2v) is 17.8. The Morgan fingerprint density at radius 3 is 1.75 bits per heavy atom. The van der Waals surface area contributed by atoms with Crippen molar-refractivity contribution >= 4 is 41.6 Å². The molecule has 5 aromatic rings. The Bertz CT molecular complexity index is 3700. The van der Waals surface area contributed by atoms with Gasteiger partial charge in [0, 0.05) is 28.8 Å². The number of cyclic esters (lactones) is 1. The van der Waals surface area contributed by atoms with Crippen LogP contribution in [0.2, 0.25) is 0 Å². The molecule has 0 aromatic heterocycles. The number of hydrogen-bond acceptors (Lipinski definition) is 31. The average Bonchev–Trinajstić information content (AvgIpc) is 3.10. The normalized spacial score (nSPS) is 23.5. The molecule has 32 heteroatoms. The van der Waals surface area contributed by atoms with Gasteiger partial charge in [-0.2, -0.15) is 0 Å². The van der Waals surface area contributed by atoms with Gasteiger partial charge in [-0.3, -0.25) is 4.79 Å². The summed E-state index contributed by atoms with van der Waals surface area (Å²) < 4.78 is 44.6. The molecular weight excluding hydrogens is 1090 g/mol. The van der Waals surface area contributed by atoms with Crippen molar-refractivity contribution in [3.63, 3.8) is 0 Å². The molecule has 0 amide bonds. The summed E-state index contributed by atoms with van der Waals surface area (Å²) in [7, 11) is 0. The zero-order valence-electron chi connectivity index (χ0n) is 38.9. The van der Waals surface area contributed by atoms with Crippen LogP contribution in [-0.4, -0.2) is 177 Å². The van der Waals surface area contributed by atoms with Crippen LogP contribution in [0.5, 0.6) is 92.0 Å². The number of fused-ring (bicyclic) bond motifs is 4. The van der Waals surface area contributed by atoms with Crippen molar-refractivity contribution in [1.29, 1.82) is 0 Å². The van der Waals surface area contributed by atoms with Crippen molar-refractivity contribution in [1.82, 2.24) is 0 Å². The molecule has 0 spiro atoms. The second-order valence-electron chi connectivity index (χ2n) is 17.8. The van der Waals surface area contributed by atoms with Gasteiger partial charge >= 0.3 is 41.6 Å². The SMILES string of the molecule is O=C1O[C@@H]2C3COC(=O)c4cc(Oc5c(C(=O)O)cc(O)c(O)c5O)c(O)c(O)c4-c4c(cc(O)c(O)c4O)C(=O)O[C@@H]2C(OC(=O)c2cc(O)c(O)c4c2[C@@H]2C1=CC(=O)[C@](O)(O4)C2(O)O)[C@@H](OC(=O)c1cc(O)c(O)c(O)c1)O3. The van der Waals surface area contributed by atoms with Crippen molar-refractivity contribution in [2.75, 3.05) is 6.61 Å². The van der Waals surface area contributed by atoms with E-state index < -0.39 is 238 Å². The van der Waals surface area contributed by atoms with E-state index in [1.165, 1.54) is 0 Å². The number of carboxylic acid groups (broad SMARTS) is 1. The molecule has 1 saturated heterocycles. The fourth-order valence-corrected chi connectivity index (χ4v) is 9.32. The molecule has 5 aromatic carbocycles. The van der Waals surface area contributed by atoms with Crippen LogP contribution >= 0.6 is 0 Å². The maximum absolute atomic E-state index is 15.0. The fraction of sp³-hybridized carbons (Fsp3) is 0.188. The first-order valence-electron chi connectivity index (χ1n) is 22.2. The summed E-state index contributed by atoms with van der Waals surface area (Å²) in [6.07, 6.45) is -12.8. The number of rotatable bonds is 5. The highest BCUT2D eigenvalue weighted by molar-refractivity contribution is 6.10. The highest BCUT2D eigenvalue weighted by Gasteiger charge is 2.70. The van der Waals surface area contributed by atoms with E-state index in [9.17, 15) is 120 Å². The van der Waals surface area contributed by atoms with E-state index in [0.717, 1.165) is 0 Å². The number of carbonyl (C=O) groups excluding carboxylic acids is 6. The van der Waals surface area contributed by atoms with E-state index in [4.69, 9.17) is 37.9 Å². The predicted octanol–water partition coefficient (Wildman–Crippen LogP) is -0.200. The van der Waals surface area contributed by atoms with Gasteiger partial charge in [-0.15, -0.1) is 0 Å². The molecule has 1 fully saturated rings. The van der Waals surface area contributed by atoms with E-state index in [-0.39, 0.29) is 12.1 Å². The molecule has 4 heterocycles. The van der Waals surface area contributed by atoms with Gasteiger partial charge in [-0.25, -0.2) is 28.8 Å². The Labute approximate surface area is 438 Å². The summed E-state index contributed by atoms with van der Waals surface area (Å²) in [6.45, 7) is -1.47. The summed E-state index contributed by atoms with van der Waals surface area (Å²) in [5.74, 6) is -45.9. The van der Waals surface area contributed by atoms with E-state index in [1.54, 1.807) is 0 Å². The fourth-order valence-electron chi connectivity index (χ4n) is 9.32. The Hall–Kier alpha value is -10.8. The highest BCUT2D eigenvalue weighted by atomic mass is 16.8. The molecule has 7 atom stereocenters. The molecule has 10 rings (SSSR count). The third-order valence-electron chi connectivity index (χ3n) is 13.2. The molecule has 2 unspecified atom stereocenters. The molecule has 1 aliphatic carbocycles.